The first-order valence-corrected chi connectivity index (χ1v) is 7.37. The summed E-state index contributed by atoms with van der Waals surface area (Å²) in [4.78, 5) is 28.7. The van der Waals surface area contributed by atoms with Crippen LogP contribution in [0, 0.1) is 0 Å². The van der Waals surface area contributed by atoms with Crippen LogP contribution in [-0.4, -0.2) is 90.7 Å². The molecule has 0 aliphatic carbocycles. The largest absolute Gasteiger partial charge is 0.480 e. The van der Waals surface area contributed by atoms with Crippen molar-refractivity contribution in [2.45, 2.75) is 25.8 Å². The molecule has 0 spiro atoms. The van der Waals surface area contributed by atoms with Crippen molar-refractivity contribution in [3.05, 3.63) is 0 Å². The van der Waals surface area contributed by atoms with Crippen molar-refractivity contribution in [3.8, 4) is 0 Å². The second-order valence-electron chi connectivity index (χ2n) is 6.38. The van der Waals surface area contributed by atoms with Gasteiger partial charge in [-0.15, -0.1) is 0 Å². The quantitative estimate of drug-likeness (QED) is 0.755. The second kappa shape index (κ2) is 7.61. The van der Waals surface area contributed by atoms with Crippen LogP contribution in [0.4, 0.5) is 4.79 Å². The fraction of sp³-hybridized carbons (Fsp3) is 0.857. The molecule has 0 atom stereocenters. The summed E-state index contributed by atoms with van der Waals surface area (Å²) in [7, 11) is 3.98. The maximum absolute atomic E-state index is 12.2. The van der Waals surface area contributed by atoms with Crippen LogP contribution < -0.4 is 5.32 Å². The van der Waals surface area contributed by atoms with Crippen molar-refractivity contribution >= 4 is 12.0 Å². The summed E-state index contributed by atoms with van der Waals surface area (Å²) >= 11 is 0. The lowest BCUT2D eigenvalue weighted by atomic mass is 10.0. The van der Waals surface area contributed by atoms with E-state index in [1.807, 2.05) is 19.0 Å². The number of urea groups is 1. The Morgan fingerprint density at radius 2 is 1.86 bits per heavy atom. The summed E-state index contributed by atoms with van der Waals surface area (Å²) in [6.07, 6.45) is 0.803. The van der Waals surface area contributed by atoms with Crippen molar-refractivity contribution in [1.29, 1.82) is 0 Å². The van der Waals surface area contributed by atoms with Crippen molar-refractivity contribution in [1.82, 2.24) is 20.0 Å². The third kappa shape index (κ3) is 5.89. The highest BCUT2D eigenvalue weighted by Crippen LogP contribution is 2.09. The van der Waals surface area contributed by atoms with Crippen LogP contribution in [0.15, 0.2) is 0 Å². The SMILES string of the molecule is CN(C)C(C)(C)CNC(=O)N1CCCN(CC(=O)O)CC1. The standard InChI is InChI=1S/C14H28N4O3/c1-14(2,16(3)4)11-15-13(21)18-7-5-6-17(8-9-18)10-12(19)20/h5-11H2,1-4H3,(H,15,21)(H,19,20). The predicted molar refractivity (Wildman–Crippen MR) is 81.4 cm³/mol. The number of aliphatic carboxylic acids is 1. The molecule has 7 nitrogen and oxygen atoms in total. The van der Waals surface area contributed by atoms with Crippen LogP contribution in [0.2, 0.25) is 0 Å². The molecule has 1 rings (SSSR count). The molecule has 1 saturated heterocycles. The molecule has 1 aliphatic rings. The normalized spacial score (nSPS) is 17.7. The van der Waals surface area contributed by atoms with Crippen LogP contribution in [0.5, 0.6) is 0 Å². The molecule has 2 N–H and O–H groups in total. The van der Waals surface area contributed by atoms with Crippen LogP contribution in [-0.2, 0) is 4.79 Å². The molecule has 21 heavy (non-hydrogen) atoms. The van der Waals surface area contributed by atoms with E-state index in [2.05, 4.69) is 24.1 Å². The minimum absolute atomic E-state index is 0.0448. The van der Waals surface area contributed by atoms with Gasteiger partial charge in [0.25, 0.3) is 0 Å². The number of carbonyl (C=O) groups excluding carboxylic acids is 1. The van der Waals surface area contributed by atoms with E-state index in [-0.39, 0.29) is 18.1 Å². The molecule has 122 valence electrons. The summed E-state index contributed by atoms with van der Waals surface area (Å²) in [5, 5.41) is 11.8. The summed E-state index contributed by atoms with van der Waals surface area (Å²) in [6, 6.07) is -0.0675. The van der Waals surface area contributed by atoms with E-state index in [0.29, 0.717) is 26.2 Å². The number of rotatable bonds is 5. The van der Waals surface area contributed by atoms with Gasteiger partial charge in [-0.25, -0.2) is 4.79 Å². The van der Waals surface area contributed by atoms with Gasteiger partial charge >= 0.3 is 12.0 Å². The maximum atomic E-state index is 12.2. The van der Waals surface area contributed by atoms with Crippen LogP contribution in [0.1, 0.15) is 20.3 Å². The Morgan fingerprint density at radius 1 is 1.19 bits per heavy atom. The van der Waals surface area contributed by atoms with Crippen molar-refractivity contribution in [2.24, 2.45) is 0 Å². The second-order valence-corrected chi connectivity index (χ2v) is 6.38. The van der Waals surface area contributed by atoms with E-state index < -0.39 is 5.97 Å². The topological polar surface area (TPSA) is 76.1 Å². The third-order valence-corrected chi connectivity index (χ3v) is 4.12. The molecule has 0 aromatic rings. The molecule has 0 aromatic heterocycles. The Bertz CT molecular complexity index is 371. The summed E-state index contributed by atoms with van der Waals surface area (Å²) in [6.45, 7) is 7.34. The summed E-state index contributed by atoms with van der Waals surface area (Å²) in [5.41, 5.74) is -0.100. The van der Waals surface area contributed by atoms with E-state index in [1.54, 1.807) is 4.90 Å². The molecule has 1 heterocycles. The highest BCUT2D eigenvalue weighted by molar-refractivity contribution is 5.74. The number of carboxylic acid groups (broad SMARTS) is 1. The number of carboxylic acids is 1. The van der Waals surface area contributed by atoms with Gasteiger partial charge in [0, 0.05) is 38.3 Å². The van der Waals surface area contributed by atoms with Crippen molar-refractivity contribution < 1.29 is 14.7 Å². The number of nitrogens with one attached hydrogen (secondary N) is 1. The molecular weight excluding hydrogens is 272 g/mol. The Hall–Kier alpha value is -1.34. The minimum Gasteiger partial charge on any atom is -0.480 e. The van der Waals surface area contributed by atoms with Crippen LogP contribution in [0.3, 0.4) is 0 Å². The van der Waals surface area contributed by atoms with Crippen LogP contribution in [0.25, 0.3) is 0 Å². The zero-order valence-electron chi connectivity index (χ0n) is 13.6. The van der Waals surface area contributed by atoms with E-state index in [0.717, 1.165) is 13.0 Å². The number of nitrogens with zero attached hydrogens (tertiary/aromatic N) is 3. The van der Waals surface area contributed by atoms with Gasteiger partial charge < -0.3 is 20.2 Å². The number of hydrogen-bond donors (Lipinski definition) is 2. The van der Waals surface area contributed by atoms with Gasteiger partial charge in [0.2, 0.25) is 0 Å². The Morgan fingerprint density at radius 3 is 2.43 bits per heavy atom. The molecule has 0 unspecified atom stereocenters. The first kappa shape index (κ1) is 17.7. The van der Waals surface area contributed by atoms with E-state index in [9.17, 15) is 9.59 Å². The van der Waals surface area contributed by atoms with Gasteiger partial charge in [0.05, 0.1) is 6.54 Å². The Balaban J connectivity index is 2.43. The third-order valence-electron chi connectivity index (χ3n) is 4.12. The monoisotopic (exact) mass is 300 g/mol. The minimum atomic E-state index is -0.819. The van der Waals surface area contributed by atoms with Gasteiger partial charge in [0.15, 0.2) is 0 Å². The lowest BCUT2D eigenvalue weighted by Gasteiger charge is -2.33. The molecule has 7 heteroatoms. The Labute approximate surface area is 126 Å². The molecular formula is C14H28N4O3. The average molecular weight is 300 g/mol. The first-order valence-electron chi connectivity index (χ1n) is 7.37. The lowest BCUT2D eigenvalue weighted by molar-refractivity contribution is -0.138. The molecule has 0 saturated carbocycles. The maximum Gasteiger partial charge on any atom is 0.317 e. The van der Waals surface area contributed by atoms with Gasteiger partial charge in [-0.2, -0.15) is 0 Å². The zero-order valence-corrected chi connectivity index (χ0v) is 13.6. The van der Waals surface area contributed by atoms with E-state index in [1.165, 1.54) is 0 Å². The average Bonchev–Trinajstić information content (AvgIpc) is 2.61. The first-order chi connectivity index (χ1) is 9.72. The fourth-order valence-electron chi connectivity index (χ4n) is 2.09. The van der Waals surface area contributed by atoms with Crippen molar-refractivity contribution in [3.63, 3.8) is 0 Å². The van der Waals surface area contributed by atoms with Crippen molar-refractivity contribution in [2.75, 3.05) is 53.4 Å². The number of likely N-dealkylation sites (N-methyl/N-ethyl adjacent to an activating group) is 1. The van der Waals surface area contributed by atoms with Gasteiger partial charge in [-0.1, -0.05) is 0 Å². The molecule has 0 radical (unpaired) electrons. The fourth-order valence-corrected chi connectivity index (χ4v) is 2.09. The molecule has 1 fully saturated rings. The molecule has 1 aliphatic heterocycles. The van der Waals surface area contributed by atoms with E-state index >= 15 is 0 Å². The summed E-state index contributed by atoms with van der Waals surface area (Å²) in [5.74, 6) is -0.819. The highest BCUT2D eigenvalue weighted by Gasteiger charge is 2.24. The summed E-state index contributed by atoms with van der Waals surface area (Å²) < 4.78 is 0. The number of hydrogen-bond acceptors (Lipinski definition) is 4. The lowest BCUT2D eigenvalue weighted by Crippen LogP contribution is -2.51. The van der Waals surface area contributed by atoms with E-state index in [4.69, 9.17) is 5.11 Å². The number of carbonyl (C=O) groups is 2. The zero-order chi connectivity index (χ0) is 16.0. The van der Waals surface area contributed by atoms with Gasteiger partial charge in [-0.3, -0.25) is 9.69 Å². The molecule has 0 bridgehead atoms. The predicted octanol–water partition coefficient (Wildman–Crippen LogP) is 0.129. The molecule has 0 aromatic carbocycles. The molecule has 2 amide bonds. The number of amides is 2. The Kier molecular flexibility index (Phi) is 6.42. The van der Waals surface area contributed by atoms with Crippen LogP contribution >= 0.6 is 0 Å². The van der Waals surface area contributed by atoms with Gasteiger partial charge in [-0.05, 0) is 34.4 Å². The van der Waals surface area contributed by atoms with Gasteiger partial charge in [0.1, 0.15) is 0 Å². The highest BCUT2D eigenvalue weighted by atomic mass is 16.4. The smallest absolute Gasteiger partial charge is 0.317 e.